The predicted octanol–water partition coefficient (Wildman–Crippen LogP) is 10.1. The van der Waals surface area contributed by atoms with Gasteiger partial charge in [0.05, 0.1) is 24.3 Å². The molecule has 0 aliphatic carbocycles. The van der Waals surface area contributed by atoms with E-state index in [1.165, 1.54) is 85.8 Å². The molecular weight excluding hydrogens is 669 g/mol. The third kappa shape index (κ3) is 20.0. The molecule has 0 heterocycles. The first-order valence-electron chi connectivity index (χ1n) is 18.9. The first kappa shape index (κ1) is 43.2. The number of unbranched alkanes of at least 4 members (excludes halogenated alkanes) is 12. The molecule has 2 aromatic carbocycles. The standard InChI is InChI=1S/C40H60N2O6S2/c1-3-5-7-9-11-13-15-27-37(43)47-31-21-29-41-39(45)33-23-17-19-25-35(33)49-50-36-26-20-18-24-34(36)40(46)42-30-22-32-48-38(44)28-16-14-12-10-8-6-4-2/h17-20,23-26H,3-16,21-22,27-32H2,1-2H3,(H,41,45)(H,42,46). The van der Waals surface area contributed by atoms with Crippen LogP contribution in [0.1, 0.15) is 150 Å². The Labute approximate surface area is 308 Å². The molecule has 0 unspecified atom stereocenters. The summed E-state index contributed by atoms with van der Waals surface area (Å²) in [6.07, 6.45) is 18.2. The van der Waals surface area contributed by atoms with E-state index in [1.807, 2.05) is 36.4 Å². The van der Waals surface area contributed by atoms with Crippen molar-refractivity contribution >= 4 is 45.3 Å². The minimum Gasteiger partial charge on any atom is -0.466 e. The second-order valence-electron chi connectivity index (χ2n) is 12.6. The number of ether oxygens (including phenoxy) is 2. The number of esters is 2. The van der Waals surface area contributed by atoms with E-state index in [2.05, 4.69) is 24.5 Å². The molecule has 2 rings (SSSR count). The number of hydrogen-bond donors (Lipinski definition) is 2. The fourth-order valence-electron chi connectivity index (χ4n) is 5.25. The number of benzene rings is 2. The highest BCUT2D eigenvalue weighted by molar-refractivity contribution is 8.76. The van der Waals surface area contributed by atoms with Crippen LogP contribution in [0.25, 0.3) is 0 Å². The molecule has 278 valence electrons. The van der Waals surface area contributed by atoms with Gasteiger partial charge < -0.3 is 20.1 Å². The zero-order valence-electron chi connectivity index (χ0n) is 30.4. The van der Waals surface area contributed by atoms with E-state index >= 15 is 0 Å². The normalized spacial score (nSPS) is 10.8. The second-order valence-corrected chi connectivity index (χ2v) is 14.8. The van der Waals surface area contributed by atoms with Gasteiger partial charge in [-0.15, -0.1) is 0 Å². The average molecular weight is 729 g/mol. The molecule has 0 fully saturated rings. The van der Waals surface area contributed by atoms with Gasteiger partial charge in [-0.05, 0) is 49.9 Å². The highest BCUT2D eigenvalue weighted by atomic mass is 33.1. The van der Waals surface area contributed by atoms with Gasteiger partial charge in [0.25, 0.3) is 11.8 Å². The van der Waals surface area contributed by atoms with Crippen molar-refractivity contribution in [3.05, 3.63) is 59.7 Å². The van der Waals surface area contributed by atoms with Gasteiger partial charge in [0.15, 0.2) is 0 Å². The summed E-state index contributed by atoms with van der Waals surface area (Å²) in [4.78, 5) is 51.6. The zero-order chi connectivity index (χ0) is 36.1. The fraction of sp³-hybridized carbons (Fsp3) is 0.600. The summed E-state index contributed by atoms with van der Waals surface area (Å²) < 4.78 is 10.7. The Morgan fingerprint density at radius 3 is 1.26 bits per heavy atom. The van der Waals surface area contributed by atoms with Crippen LogP contribution < -0.4 is 10.6 Å². The largest absolute Gasteiger partial charge is 0.466 e. The van der Waals surface area contributed by atoms with E-state index in [4.69, 9.17) is 9.47 Å². The number of carbonyl (C=O) groups is 4. The number of amides is 2. The van der Waals surface area contributed by atoms with E-state index in [0.717, 1.165) is 35.5 Å². The molecule has 0 aromatic heterocycles. The summed E-state index contributed by atoms with van der Waals surface area (Å²) in [5, 5.41) is 5.86. The van der Waals surface area contributed by atoms with Gasteiger partial charge in [0.2, 0.25) is 0 Å². The van der Waals surface area contributed by atoms with Crippen LogP contribution in [0.3, 0.4) is 0 Å². The molecule has 0 atom stereocenters. The maximum absolute atomic E-state index is 13.0. The molecule has 0 aliphatic heterocycles. The fourth-order valence-corrected chi connectivity index (χ4v) is 7.61. The van der Waals surface area contributed by atoms with Crippen LogP contribution >= 0.6 is 21.6 Å². The number of nitrogens with one attached hydrogen (secondary N) is 2. The quantitative estimate of drug-likeness (QED) is 0.0484. The lowest BCUT2D eigenvalue weighted by atomic mass is 10.1. The van der Waals surface area contributed by atoms with Crippen LogP contribution in [0.4, 0.5) is 0 Å². The summed E-state index contributed by atoms with van der Waals surface area (Å²) in [6, 6.07) is 14.7. The summed E-state index contributed by atoms with van der Waals surface area (Å²) in [5.41, 5.74) is 1.09. The summed E-state index contributed by atoms with van der Waals surface area (Å²) >= 11 is 0. The highest BCUT2D eigenvalue weighted by Crippen LogP contribution is 2.40. The molecular formula is C40H60N2O6S2. The molecule has 0 saturated carbocycles. The number of rotatable bonds is 29. The minimum atomic E-state index is -0.197. The van der Waals surface area contributed by atoms with Gasteiger partial charge in [-0.1, -0.05) is 137 Å². The van der Waals surface area contributed by atoms with Crippen LogP contribution in [-0.2, 0) is 19.1 Å². The Morgan fingerprint density at radius 1 is 0.500 bits per heavy atom. The molecule has 2 N–H and O–H groups in total. The average Bonchev–Trinajstić information content (AvgIpc) is 3.13. The molecule has 0 radical (unpaired) electrons. The number of carbonyl (C=O) groups excluding carboxylic acids is 4. The summed E-state index contributed by atoms with van der Waals surface area (Å²) in [5.74, 6) is -0.741. The molecule has 0 aliphatic rings. The second kappa shape index (κ2) is 28.7. The Kier molecular flexibility index (Phi) is 24.8. The van der Waals surface area contributed by atoms with Crippen molar-refractivity contribution in [2.75, 3.05) is 26.3 Å². The molecule has 2 amide bonds. The van der Waals surface area contributed by atoms with Crippen LogP contribution in [0.5, 0.6) is 0 Å². The van der Waals surface area contributed by atoms with Gasteiger partial charge in [-0.25, -0.2) is 0 Å². The minimum absolute atomic E-state index is 0.174. The predicted molar refractivity (Wildman–Crippen MR) is 206 cm³/mol. The Morgan fingerprint density at radius 2 is 0.860 bits per heavy atom. The molecule has 0 spiro atoms. The van der Waals surface area contributed by atoms with Gasteiger partial charge in [-0.2, -0.15) is 0 Å². The summed E-state index contributed by atoms with van der Waals surface area (Å²) in [6.45, 7) is 5.77. The SMILES string of the molecule is CCCCCCCCCC(=O)OCCCNC(=O)c1ccccc1SSc1ccccc1C(=O)NCCCOC(=O)CCCCCCCCC. The monoisotopic (exact) mass is 728 g/mol. The van der Waals surface area contributed by atoms with Gasteiger partial charge >= 0.3 is 11.9 Å². The first-order chi connectivity index (χ1) is 24.5. The van der Waals surface area contributed by atoms with Crippen molar-refractivity contribution in [2.24, 2.45) is 0 Å². The topological polar surface area (TPSA) is 111 Å². The van der Waals surface area contributed by atoms with Crippen molar-refractivity contribution < 1.29 is 28.7 Å². The smallest absolute Gasteiger partial charge is 0.305 e. The molecule has 8 nitrogen and oxygen atoms in total. The Bertz CT molecular complexity index is 1160. The van der Waals surface area contributed by atoms with Crippen LogP contribution in [-0.4, -0.2) is 50.1 Å². The van der Waals surface area contributed by atoms with Crippen LogP contribution in [0.2, 0.25) is 0 Å². The van der Waals surface area contributed by atoms with Crippen molar-refractivity contribution in [1.82, 2.24) is 10.6 Å². The lowest BCUT2D eigenvalue weighted by Gasteiger charge is -2.12. The third-order valence-electron chi connectivity index (χ3n) is 8.19. The Hall–Kier alpha value is -2.98. The molecule has 2 aromatic rings. The lowest BCUT2D eigenvalue weighted by Crippen LogP contribution is -2.26. The van der Waals surface area contributed by atoms with Crippen LogP contribution in [0.15, 0.2) is 58.3 Å². The summed E-state index contributed by atoms with van der Waals surface area (Å²) in [7, 11) is 2.84. The third-order valence-corrected chi connectivity index (χ3v) is 10.7. The molecule has 50 heavy (non-hydrogen) atoms. The Balaban J connectivity index is 1.68. The van der Waals surface area contributed by atoms with E-state index in [9.17, 15) is 19.2 Å². The van der Waals surface area contributed by atoms with E-state index in [1.54, 1.807) is 12.1 Å². The highest BCUT2D eigenvalue weighted by Gasteiger charge is 2.15. The van der Waals surface area contributed by atoms with Crippen molar-refractivity contribution in [2.45, 2.75) is 139 Å². The molecule has 0 bridgehead atoms. The van der Waals surface area contributed by atoms with Crippen molar-refractivity contribution in [3.63, 3.8) is 0 Å². The van der Waals surface area contributed by atoms with E-state index in [-0.39, 0.29) is 37.0 Å². The van der Waals surface area contributed by atoms with Gasteiger partial charge in [0.1, 0.15) is 0 Å². The van der Waals surface area contributed by atoms with Crippen molar-refractivity contribution in [3.8, 4) is 0 Å². The van der Waals surface area contributed by atoms with Gasteiger partial charge in [-0.3, -0.25) is 19.2 Å². The molecule has 0 saturated heterocycles. The molecule has 10 heteroatoms. The lowest BCUT2D eigenvalue weighted by molar-refractivity contribution is -0.144. The number of hydrogen-bond acceptors (Lipinski definition) is 8. The van der Waals surface area contributed by atoms with E-state index in [0.29, 0.717) is 49.9 Å². The maximum Gasteiger partial charge on any atom is 0.305 e. The van der Waals surface area contributed by atoms with Gasteiger partial charge in [0, 0.05) is 35.7 Å². The first-order valence-corrected chi connectivity index (χ1v) is 21.0. The maximum atomic E-state index is 13.0. The van der Waals surface area contributed by atoms with Crippen LogP contribution in [0, 0.1) is 0 Å². The van der Waals surface area contributed by atoms with Crippen molar-refractivity contribution in [1.29, 1.82) is 0 Å². The zero-order valence-corrected chi connectivity index (χ0v) is 32.1. The van der Waals surface area contributed by atoms with E-state index < -0.39 is 0 Å².